The van der Waals surface area contributed by atoms with Gasteiger partial charge in [-0.1, -0.05) is 36.8 Å². The van der Waals surface area contributed by atoms with Crippen molar-refractivity contribution in [3.05, 3.63) is 35.9 Å². The van der Waals surface area contributed by atoms with Crippen LogP contribution in [-0.2, 0) is 11.3 Å². The van der Waals surface area contributed by atoms with Crippen LogP contribution in [0.3, 0.4) is 0 Å². The third kappa shape index (κ3) is 3.93. The minimum absolute atomic E-state index is 0.239. The van der Waals surface area contributed by atoms with Crippen LogP contribution in [0.15, 0.2) is 30.3 Å². The molecule has 1 heterocycles. The first-order valence-corrected chi connectivity index (χ1v) is 8.97. The van der Waals surface area contributed by atoms with Crippen molar-refractivity contribution in [3.8, 4) is 0 Å². The fourth-order valence-electron chi connectivity index (χ4n) is 4.21. The molecule has 126 valence electrons. The molecule has 3 rings (SSSR count). The van der Waals surface area contributed by atoms with Crippen molar-refractivity contribution in [1.82, 2.24) is 9.80 Å². The number of likely N-dealkylation sites (N-methyl/N-ethyl adjacent to an activating group) is 1. The fraction of sp³-hybridized carbons (Fsp3) is 0.632. The van der Waals surface area contributed by atoms with Crippen LogP contribution in [0.5, 0.6) is 0 Å². The minimum Gasteiger partial charge on any atom is -0.338 e. The van der Waals surface area contributed by atoms with Crippen molar-refractivity contribution in [3.63, 3.8) is 0 Å². The minimum atomic E-state index is 0.239. The van der Waals surface area contributed by atoms with Gasteiger partial charge in [-0.15, -0.1) is 0 Å². The summed E-state index contributed by atoms with van der Waals surface area (Å²) in [5.74, 6) is 1.54. The van der Waals surface area contributed by atoms with Crippen LogP contribution in [0.1, 0.15) is 31.7 Å². The molecule has 0 aromatic heterocycles. The van der Waals surface area contributed by atoms with E-state index in [1.165, 1.54) is 18.4 Å². The summed E-state index contributed by atoms with van der Waals surface area (Å²) >= 11 is 0. The average Bonchev–Trinajstić information content (AvgIpc) is 2.97. The van der Waals surface area contributed by atoms with E-state index in [0.717, 1.165) is 26.1 Å². The Hall–Kier alpha value is -1.39. The van der Waals surface area contributed by atoms with Gasteiger partial charge in [-0.05, 0) is 37.2 Å². The van der Waals surface area contributed by atoms with Crippen LogP contribution in [-0.4, -0.2) is 47.9 Å². The lowest BCUT2D eigenvalue weighted by Gasteiger charge is -2.29. The van der Waals surface area contributed by atoms with E-state index in [1.54, 1.807) is 0 Å². The molecular formula is C19H29N3O. The van der Waals surface area contributed by atoms with Gasteiger partial charge in [0, 0.05) is 32.2 Å². The molecule has 1 saturated heterocycles. The molecule has 2 N–H and O–H groups in total. The van der Waals surface area contributed by atoms with Gasteiger partial charge < -0.3 is 10.6 Å². The average molecular weight is 315 g/mol. The van der Waals surface area contributed by atoms with E-state index in [9.17, 15) is 4.79 Å². The van der Waals surface area contributed by atoms with Crippen LogP contribution in [0.4, 0.5) is 0 Å². The van der Waals surface area contributed by atoms with Crippen molar-refractivity contribution >= 4 is 5.91 Å². The molecule has 0 bridgehead atoms. The van der Waals surface area contributed by atoms with Gasteiger partial charge in [0.2, 0.25) is 5.91 Å². The third-order valence-electron chi connectivity index (χ3n) is 5.54. The smallest absolute Gasteiger partial charge is 0.237 e. The summed E-state index contributed by atoms with van der Waals surface area (Å²) in [5.41, 5.74) is 7.47. The lowest BCUT2D eigenvalue weighted by molar-refractivity contribution is -0.132. The Morgan fingerprint density at radius 3 is 2.74 bits per heavy atom. The molecule has 1 amide bonds. The van der Waals surface area contributed by atoms with Crippen molar-refractivity contribution < 1.29 is 4.79 Å². The molecule has 2 fully saturated rings. The Bertz CT molecular complexity index is 519. The highest BCUT2D eigenvalue weighted by Crippen LogP contribution is 2.35. The normalized spacial score (nSPS) is 27.7. The van der Waals surface area contributed by atoms with Crippen LogP contribution in [0.2, 0.25) is 0 Å². The fourth-order valence-corrected chi connectivity index (χ4v) is 4.21. The summed E-state index contributed by atoms with van der Waals surface area (Å²) in [4.78, 5) is 17.0. The SMILES string of the molecule is CCN(Cc1ccccc1)C(=O)CN1CC2CCCC(N)C2C1. The van der Waals surface area contributed by atoms with Crippen LogP contribution in [0, 0.1) is 11.8 Å². The van der Waals surface area contributed by atoms with Gasteiger partial charge in [0.1, 0.15) is 0 Å². The van der Waals surface area contributed by atoms with Gasteiger partial charge >= 0.3 is 0 Å². The summed E-state index contributed by atoms with van der Waals surface area (Å²) in [7, 11) is 0. The number of carbonyl (C=O) groups is 1. The molecule has 1 aliphatic carbocycles. The van der Waals surface area contributed by atoms with Gasteiger partial charge in [-0.25, -0.2) is 0 Å². The number of likely N-dealkylation sites (tertiary alicyclic amines) is 1. The topological polar surface area (TPSA) is 49.6 Å². The Balaban J connectivity index is 1.55. The number of benzene rings is 1. The van der Waals surface area contributed by atoms with Gasteiger partial charge in [0.25, 0.3) is 0 Å². The molecule has 4 nitrogen and oxygen atoms in total. The number of fused-ring (bicyclic) bond motifs is 1. The standard InChI is InChI=1S/C19H29N3O/c1-2-22(11-15-7-4-3-5-8-15)19(23)14-21-12-16-9-6-10-18(20)17(16)13-21/h3-5,7-8,16-18H,2,6,9-14,20H2,1H3. The Morgan fingerprint density at radius 2 is 2.04 bits per heavy atom. The highest BCUT2D eigenvalue weighted by molar-refractivity contribution is 5.78. The maximum Gasteiger partial charge on any atom is 0.237 e. The monoisotopic (exact) mass is 315 g/mol. The maximum absolute atomic E-state index is 12.7. The Morgan fingerprint density at radius 1 is 1.26 bits per heavy atom. The van der Waals surface area contributed by atoms with E-state index >= 15 is 0 Å². The van der Waals surface area contributed by atoms with Gasteiger partial charge in [-0.2, -0.15) is 0 Å². The summed E-state index contributed by atoms with van der Waals surface area (Å²) in [6, 6.07) is 10.6. The van der Waals surface area contributed by atoms with Gasteiger partial charge in [0.05, 0.1) is 6.54 Å². The summed E-state index contributed by atoms with van der Waals surface area (Å²) in [6.45, 7) is 6.11. The maximum atomic E-state index is 12.7. The zero-order chi connectivity index (χ0) is 16.2. The van der Waals surface area contributed by atoms with E-state index in [4.69, 9.17) is 5.73 Å². The second kappa shape index (κ2) is 7.45. The van der Waals surface area contributed by atoms with Crippen molar-refractivity contribution in [2.45, 2.75) is 38.8 Å². The molecule has 1 saturated carbocycles. The molecule has 1 aromatic rings. The summed E-state index contributed by atoms with van der Waals surface area (Å²) < 4.78 is 0. The van der Waals surface area contributed by atoms with Crippen LogP contribution < -0.4 is 5.73 Å². The predicted molar refractivity (Wildman–Crippen MR) is 92.8 cm³/mol. The number of hydrogen-bond acceptors (Lipinski definition) is 3. The van der Waals surface area contributed by atoms with E-state index in [1.807, 2.05) is 23.1 Å². The van der Waals surface area contributed by atoms with Crippen LogP contribution in [0.25, 0.3) is 0 Å². The number of nitrogens with two attached hydrogens (primary N) is 1. The molecule has 0 radical (unpaired) electrons. The molecule has 4 heteroatoms. The van der Waals surface area contributed by atoms with Crippen molar-refractivity contribution in [2.75, 3.05) is 26.2 Å². The molecule has 0 spiro atoms. The van der Waals surface area contributed by atoms with E-state index in [-0.39, 0.29) is 5.91 Å². The molecule has 1 aliphatic heterocycles. The zero-order valence-electron chi connectivity index (χ0n) is 14.2. The lowest BCUT2D eigenvalue weighted by atomic mass is 9.78. The second-order valence-electron chi connectivity index (χ2n) is 7.11. The number of carbonyl (C=O) groups excluding carboxylic acids is 1. The molecule has 2 aliphatic rings. The number of rotatable bonds is 5. The number of amides is 1. The highest BCUT2D eigenvalue weighted by Gasteiger charge is 2.39. The summed E-state index contributed by atoms with van der Waals surface area (Å²) in [6.07, 6.45) is 3.68. The number of nitrogens with zero attached hydrogens (tertiary/aromatic N) is 2. The van der Waals surface area contributed by atoms with Gasteiger partial charge in [-0.3, -0.25) is 9.69 Å². The van der Waals surface area contributed by atoms with Gasteiger partial charge in [0.15, 0.2) is 0 Å². The Kier molecular flexibility index (Phi) is 5.34. The van der Waals surface area contributed by atoms with E-state index < -0.39 is 0 Å². The first kappa shape index (κ1) is 16.5. The first-order valence-electron chi connectivity index (χ1n) is 8.97. The predicted octanol–water partition coefficient (Wildman–Crippen LogP) is 2.09. The van der Waals surface area contributed by atoms with Crippen LogP contribution >= 0.6 is 0 Å². The first-order chi connectivity index (χ1) is 11.2. The van der Waals surface area contributed by atoms with Crippen molar-refractivity contribution in [1.29, 1.82) is 0 Å². The second-order valence-corrected chi connectivity index (χ2v) is 7.11. The molecular weight excluding hydrogens is 286 g/mol. The molecule has 1 aromatic carbocycles. The lowest BCUT2D eigenvalue weighted by Crippen LogP contribution is -2.40. The number of hydrogen-bond donors (Lipinski definition) is 1. The zero-order valence-corrected chi connectivity index (χ0v) is 14.2. The quantitative estimate of drug-likeness (QED) is 0.905. The highest BCUT2D eigenvalue weighted by atomic mass is 16.2. The van der Waals surface area contributed by atoms with E-state index in [2.05, 4.69) is 24.0 Å². The molecule has 23 heavy (non-hydrogen) atoms. The Labute approximate surface area is 139 Å². The summed E-state index contributed by atoms with van der Waals surface area (Å²) in [5, 5.41) is 0. The third-order valence-corrected chi connectivity index (χ3v) is 5.54. The van der Waals surface area contributed by atoms with Crippen molar-refractivity contribution in [2.24, 2.45) is 17.6 Å². The molecule has 3 unspecified atom stereocenters. The largest absolute Gasteiger partial charge is 0.338 e. The molecule has 3 atom stereocenters. The van der Waals surface area contributed by atoms with E-state index in [0.29, 0.717) is 31.0 Å².